The highest BCUT2D eigenvalue weighted by molar-refractivity contribution is 9.10. The van der Waals surface area contributed by atoms with Crippen LogP contribution in [0.2, 0.25) is 0 Å². The maximum absolute atomic E-state index is 12.4. The second-order valence-electron chi connectivity index (χ2n) is 4.41. The van der Waals surface area contributed by atoms with Crippen LogP contribution < -0.4 is 0 Å². The van der Waals surface area contributed by atoms with Crippen LogP contribution in [0, 0.1) is 0 Å². The van der Waals surface area contributed by atoms with Crippen LogP contribution in [0.5, 0.6) is 0 Å². The lowest BCUT2D eigenvalue weighted by atomic mass is 10.2. The molecule has 1 rings (SSSR count). The Morgan fingerprint density at radius 1 is 1.40 bits per heavy atom. The molecule has 6 heteroatoms. The standard InChI is InChI=1S/C14H18BrNO4/c1-10(17)9-16(8-7-13(18)20-2)14(19)11-5-3-4-6-12(11)15/h3-6,10,17H,7-9H2,1-2H3. The molecule has 0 radical (unpaired) electrons. The maximum atomic E-state index is 12.4. The number of esters is 1. The third-order valence-corrected chi connectivity index (χ3v) is 3.38. The van der Waals surface area contributed by atoms with E-state index in [1.807, 2.05) is 6.07 Å². The van der Waals surface area contributed by atoms with Crippen molar-refractivity contribution in [3.8, 4) is 0 Å². The Kier molecular flexibility index (Phi) is 6.67. The zero-order chi connectivity index (χ0) is 15.1. The number of nitrogens with zero attached hydrogens (tertiary/aromatic N) is 1. The van der Waals surface area contributed by atoms with E-state index >= 15 is 0 Å². The van der Waals surface area contributed by atoms with Crippen molar-refractivity contribution in [1.29, 1.82) is 0 Å². The Balaban J connectivity index is 2.84. The Morgan fingerprint density at radius 2 is 2.05 bits per heavy atom. The van der Waals surface area contributed by atoms with Crippen molar-refractivity contribution in [2.24, 2.45) is 0 Å². The van der Waals surface area contributed by atoms with Gasteiger partial charge in [0.15, 0.2) is 0 Å². The summed E-state index contributed by atoms with van der Waals surface area (Å²) in [7, 11) is 1.30. The number of benzene rings is 1. The van der Waals surface area contributed by atoms with Gasteiger partial charge in [-0.05, 0) is 35.0 Å². The summed E-state index contributed by atoms with van der Waals surface area (Å²) in [5.41, 5.74) is 0.498. The summed E-state index contributed by atoms with van der Waals surface area (Å²) < 4.78 is 5.25. The molecule has 5 nitrogen and oxygen atoms in total. The fraction of sp³-hybridized carbons (Fsp3) is 0.429. The molecule has 0 heterocycles. The normalized spacial score (nSPS) is 11.8. The van der Waals surface area contributed by atoms with Crippen LogP contribution in [0.25, 0.3) is 0 Å². The quantitative estimate of drug-likeness (QED) is 0.800. The molecule has 0 aromatic heterocycles. The predicted octanol–water partition coefficient (Wildman–Crippen LogP) is 1.84. The van der Waals surface area contributed by atoms with Crippen LogP contribution in [0.1, 0.15) is 23.7 Å². The van der Waals surface area contributed by atoms with Crippen LogP contribution >= 0.6 is 15.9 Å². The van der Waals surface area contributed by atoms with Gasteiger partial charge in [0.2, 0.25) is 0 Å². The molecule has 1 amide bonds. The minimum absolute atomic E-state index is 0.0966. The summed E-state index contributed by atoms with van der Waals surface area (Å²) in [5.74, 6) is -0.622. The fourth-order valence-corrected chi connectivity index (χ4v) is 2.18. The van der Waals surface area contributed by atoms with Gasteiger partial charge in [0.25, 0.3) is 5.91 Å². The third kappa shape index (κ3) is 4.94. The molecular weight excluding hydrogens is 326 g/mol. The number of rotatable bonds is 6. The van der Waals surface area contributed by atoms with E-state index in [2.05, 4.69) is 20.7 Å². The number of halogens is 1. The van der Waals surface area contributed by atoms with E-state index in [0.717, 1.165) is 0 Å². The molecule has 0 bridgehead atoms. The van der Waals surface area contributed by atoms with Gasteiger partial charge in [-0.2, -0.15) is 0 Å². The molecule has 1 N–H and O–H groups in total. The lowest BCUT2D eigenvalue weighted by Gasteiger charge is -2.24. The number of carbonyl (C=O) groups is 2. The topological polar surface area (TPSA) is 66.8 Å². The van der Waals surface area contributed by atoms with Crippen molar-refractivity contribution in [2.45, 2.75) is 19.4 Å². The van der Waals surface area contributed by atoms with Gasteiger partial charge < -0.3 is 14.7 Å². The molecule has 0 aliphatic rings. The molecule has 1 aromatic rings. The lowest BCUT2D eigenvalue weighted by Crippen LogP contribution is -2.38. The van der Waals surface area contributed by atoms with E-state index in [1.54, 1.807) is 25.1 Å². The third-order valence-electron chi connectivity index (χ3n) is 2.69. The van der Waals surface area contributed by atoms with E-state index in [-0.39, 0.29) is 31.4 Å². The summed E-state index contributed by atoms with van der Waals surface area (Å²) in [6, 6.07) is 7.04. The minimum atomic E-state index is -0.668. The molecule has 0 aliphatic heterocycles. The van der Waals surface area contributed by atoms with Gasteiger partial charge in [0, 0.05) is 17.6 Å². The smallest absolute Gasteiger partial charge is 0.307 e. The molecule has 1 aromatic carbocycles. The number of aliphatic hydroxyl groups excluding tert-OH is 1. The molecule has 0 spiro atoms. The largest absolute Gasteiger partial charge is 0.469 e. The zero-order valence-corrected chi connectivity index (χ0v) is 13.1. The van der Waals surface area contributed by atoms with Crippen LogP contribution in [-0.2, 0) is 9.53 Å². The molecule has 0 saturated carbocycles. The Morgan fingerprint density at radius 3 is 2.60 bits per heavy atom. The summed E-state index contributed by atoms with van der Waals surface area (Å²) in [5, 5.41) is 9.49. The number of ether oxygens (including phenoxy) is 1. The molecule has 0 aliphatic carbocycles. The van der Waals surface area contributed by atoms with Gasteiger partial charge >= 0.3 is 5.97 Å². The number of amides is 1. The zero-order valence-electron chi connectivity index (χ0n) is 11.5. The molecule has 1 unspecified atom stereocenters. The first-order valence-corrected chi connectivity index (χ1v) is 7.03. The van der Waals surface area contributed by atoms with E-state index in [9.17, 15) is 14.7 Å². The number of hydrogen-bond donors (Lipinski definition) is 1. The SMILES string of the molecule is COC(=O)CCN(CC(C)O)C(=O)c1ccccc1Br. The molecular formula is C14H18BrNO4. The van der Waals surface area contributed by atoms with Crippen molar-refractivity contribution < 1.29 is 19.4 Å². The average molecular weight is 344 g/mol. The first kappa shape index (κ1) is 16.7. The van der Waals surface area contributed by atoms with E-state index in [1.165, 1.54) is 12.0 Å². The van der Waals surface area contributed by atoms with Crippen molar-refractivity contribution >= 4 is 27.8 Å². The number of aliphatic hydroxyl groups is 1. The van der Waals surface area contributed by atoms with Crippen molar-refractivity contribution in [1.82, 2.24) is 4.90 Å². The molecule has 0 fully saturated rings. The summed E-state index contributed by atoms with van der Waals surface area (Å²) in [6.07, 6.45) is -0.571. The maximum Gasteiger partial charge on any atom is 0.307 e. The highest BCUT2D eigenvalue weighted by Gasteiger charge is 2.20. The van der Waals surface area contributed by atoms with Crippen LogP contribution in [0.15, 0.2) is 28.7 Å². The summed E-state index contributed by atoms with van der Waals surface area (Å²) in [4.78, 5) is 25.1. The second-order valence-corrected chi connectivity index (χ2v) is 5.26. The van der Waals surface area contributed by atoms with Crippen LogP contribution in [0.3, 0.4) is 0 Å². The second kappa shape index (κ2) is 8.01. The van der Waals surface area contributed by atoms with Crippen LogP contribution in [0.4, 0.5) is 0 Å². The number of carbonyl (C=O) groups excluding carboxylic acids is 2. The molecule has 20 heavy (non-hydrogen) atoms. The van der Waals surface area contributed by atoms with Crippen molar-refractivity contribution in [2.75, 3.05) is 20.2 Å². The van der Waals surface area contributed by atoms with Gasteiger partial charge in [-0.3, -0.25) is 9.59 Å². The molecule has 0 saturated heterocycles. The Hall–Kier alpha value is -1.40. The number of hydrogen-bond acceptors (Lipinski definition) is 4. The van der Waals surface area contributed by atoms with Crippen molar-refractivity contribution in [3.63, 3.8) is 0 Å². The highest BCUT2D eigenvalue weighted by atomic mass is 79.9. The lowest BCUT2D eigenvalue weighted by molar-refractivity contribution is -0.140. The van der Waals surface area contributed by atoms with Gasteiger partial charge in [-0.1, -0.05) is 12.1 Å². The monoisotopic (exact) mass is 343 g/mol. The fourth-order valence-electron chi connectivity index (χ4n) is 1.73. The summed E-state index contributed by atoms with van der Waals surface area (Å²) >= 11 is 3.32. The van der Waals surface area contributed by atoms with Gasteiger partial charge in [-0.25, -0.2) is 0 Å². The Labute approximate surface area is 126 Å². The van der Waals surface area contributed by atoms with Crippen LogP contribution in [-0.4, -0.2) is 48.2 Å². The highest BCUT2D eigenvalue weighted by Crippen LogP contribution is 2.18. The summed E-state index contributed by atoms with van der Waals surface area (Å²) in [6.45, 7) is 1.97. The van der Waals surface area contributed by atoms with E-state index in [0.29, 0.717) is 10.0 Å². The molecule has 1 atom stereocenters. The van der Waals surface area contributed by atoms with Crippen molar-refractivity contribution in [3.05, 3.63) is 34.3 Å². The first-order valence-electron chi connectivity index (χ1n) is 6.24. The average Bonchev–Trinajstić information content (AvgIpc) is 2.42. The first-order chi connectivity index (χ1) is 9.45. The number of methoxy groups -OCH3 is 1. The van der Waals surface area contributed by atoms with E-state index in [4.69, 9.17) is 0 Å². The predicted molar refractivity (Wildman–Crippen MR) is 78.4 cm³/mol. The molecule has 110 valence electrons. The van der Waals surface area contributed by atoms with Gasteiger partial charge in [0.1, 0.15) is 0 Å². The van der Waals surface area contributed by atoms with Gasteiger partial charge in [0.05, 0.1) is 25.2 Å². The van der Waals surface area contributed by atoms with Gasteiger partial charge in [-0.15, -0.1) is 0 Å². The van der Waals surface area contributed by atoms with E-state index < -0.39 is 6.10 Å². The Bertz CT molecular complexity index is 476. The minimum Gasteiger partial charge on any atom is -0.469 e.